The molecule has 0 spiro atoms. The van der Waals surface area contributed by atoms with Crippen molar-refractivity contribution in [1.82, 2.24) is 4.31 Å². The topological polar surface area (TPSA) is 135 Å². The molecule has 0 saturated heterocycles. The third-order valence-electron chi connectivity index (χ3n) is 5.26. The van der Waals surface area contributed by atoms with Crippen molar-refractivity contribution in [2.45, 2.75) is 47.6 Å². The molecule has 1 atom stereocenters. The summed E-state index contributed by atoms with van der Waals surface area (Å²) in [6.45, 7) is -4.60. The first-order chi connectivity index (χ1) is 17.3. The average Bonchev–Trinajstić information content (AvgIpc) is 2.69. The molecule has 0 aliphatic carbocycles. The van der Waals surface area contributed by atoms with Gasteiger partial charge in [0.25, 0.3) is 10.0 Å². The molecule has 0 aliphatic rings. The molecule has 0 bridgehead atoms. The summed E-state index contributed by atoms with van der Waals surface area (Å²) in [4.78, 5) is 0. The maximum absolute atomic E-state index is 14.5. The first kappa shape index (κ1) is 46.5. The molecule has 2 N–H and O–H groups in total. The van der Waals surface area contributed by atoms with Crippen molar-refractivity contribution in [2.24, 2.45) is 0 Å². The van der Waals surface area contributed by atoms with Crippen LogP contribution in [0, 0.1) is 0 Å². The van der Waals surface area contributed by atoms with Crippen molar-refractivity contribution in [2.75, 3.05) is 52.6 Å². The molecule has 0 amide bonds. The maximum Gasteiger partial charge on any atom is 1.00 e. The van der Waals surface area contributed by atoms with E-state index in [1.165, 1.54) is 14.1 Å². The fourth-order valence-corrected chi connectivity index (χ4v) is 5.06. The minimum atomic E-state index is -8.42. The number of hydrogen-bond donors (Lipinski definition) is 2. The third-order valence-corrected chi connectivity index (χ3v) is 7.96. The molecule has 42 heavy (non-hydrogen) atoms. The number of sulfonamides is 1. The number of likely N-dealkylation sites (N-methyl/N-ethyl adjacent to an activating group) is 1. The van der Waals surface area contributed by atoms with Crippen LogP contribution in [-0.4, -0.2) is 134 Å². The van der Waals surface area contributed by atoms with Crippen LogP contribution >= 0.6 is 0 Å². The molecule has 9 nitrogen and oxygen atoms in total. The number of aliphatic hydroxyl groups is 2. The van der Waals surface area contributed by atoms with E-state index in [1.807, 2.05) is 0 Å². The fourth-order valence-electron chi connectivity index (χ4n) is 2.97. The zero-order valence-corrected chi connectivity index (χ0v) is 25.9. The minimum Gasteiger partial charge on any atom is -1.00 e. The van der Waals surface area contributed by atoms with Gasteiger partial charge in [-0.05, 0) is 0 Å². The Morgan fingerprint density at radius 2 is 1.19 bits per heavy atom. The van der Waals surface area contributed by atoms with Crippen LogP contribution in [0.25, 0.3) is 0 Å². The number of halogens is 14. The van der Waals surface area contributed by atoms with Crippen molar-refractivity contribution in [3.63, 3.8) is 0 Å². The minimum absolute atomic E-state index is 0. The number of quaternary nitrogens is 1. The van der Waals surface area contributed by atoms with E-state index in [9.17, 15) is 83.6 Å². The number of aliphatic hydroxyl groups excluding tert-OH is 2. The third kappa shape index (κ3) is 9.55. The van der Waals surface area contributed by atoms with E-state index in [0.717, 1.165) is 0 Å². The molecule has 0 heterocycles. The van der Waals surface area contributed by atoms with Gasteiger partial charge in [-0.3, -0.25) is 0 Å². The molecule has 0 fully saturated rings. The first-order valence-corrected chi connectivity index (χ1v) is 13.3. The van der Waals surface area contributed by atoms with Crippen LogP contribution in [0.1, 0.15) is 6.42 Å². The SMILES string of the molecule is C[N+](C)(CCO)CCCN(CC(O)CS(=O)(=O)[O-])S(=O)(=O)C(F)(F)C(F)(F)C(F)(F)C(F)(F)C(F)(F)C(F)(F)F.[Cl-].[Na+]. The largest absolute Gasteiger partial charge is 1.00 e. The summed E-state index contributed by atoms with van der Waals surface area (Å²) >= 11 is 0. The van der Waals surface area contributed by atoms with Crippen LogP contribution in [0.3, 0.4) is 0 Å². The Balaban J connectivity index is -0.00000760. The van der Waals surface area contributed by atoms with E-state index < -0.39 is 97.5 Å². The fraction of sp³-hybridized carbons (Fsp3) is 1.00. The van der Waals surface area contributed by atoms with E-state index in [-0.39, 0.29) is 59.5 Å². The Morgan fingerprint density at radius 3 is 1.55 bits per heavy atom. The monoisotopic (exact) mass is 724 g/mol. The average molecular weight is 725 g/mol. The Morgan fingerprint density at radius 1 is 0.786 bits per heavy atom. The summed E-state index contributed by atoms with van der Waals surface area (Å²) in [7, 11) is -10.4. The van der Waals surface area contributed by atoms with Gasteiger partial charge in [0, 0.05) is 19.5 Å². The molecule has 26 heteroatoms. The van der Waals surface area contributed by atoms with Gasteiger partial charge in [0.15, 0.2) is 0 Å². The van der Waals surface area contributed by atoms with Crippen molar-refractivity contribution < 1.29 is 135 Å². The molecular formula is C16H23ClF13N2NaO7S2. The standard InChI is InChI=1S/C16H23F13N2O7S2.ClH.Na/c1-31(2,6-7-32)5-3-4-30(8-10(33)9-39(34,35)36)40(37,38)16(28,29)14(23,24)12(19,20)11(17,18)13(21,22)15(25,26)27;;/h10,32-33H,3-9H2,1-2H3;1H;/q;;+1/p-1. The summed E-state index contributed by atoms with van der Waals surface area (Å²) in [6.07, 6.45) is -11.3. The number of alkyl halides is 13. The van der Waals surface area contributed by atoms with Crippen molar-refractivity contribution in [1.29, 1.82) is 0 Å². The quantitative estimate of drug-likeness (QED) is 0.0713. The van der Waals surface area contributed by atoms with Crippen LogP contribution in [0.4, 0.5) is 57.1 Å². The summed E-state index contributed by atoms with van der Waals surface area (Å²) in [6, 6.07) is 0. The van der Waals surface area contributed by atoms with Crippen molar-refractivity contribution in [3.05, 3.63) is 0 Å². The summed E-state index contributed by atoms with van der Waals surface area (Å²) in [5, 5.41) is 10.9. The van der Waals surface area contributed by atoms with E-state index in [1.54, 1.807) is 0 Å². The first-order valence-electron chi connectivity index (χ1n) is 10.3. The predicted molar refractivity (Wildman–Crippen MR) is 105 cm³/mol. The Hall–Kier alpha value is 0.0800. The van der Waals surface area contributed by atoms with Crippen molar-refractivity contribution >= 4 is 20.1 Å². The Kier molecular flexibility index (Phi) is 16.2. The molecule has 0 aromatic rings. The van der Waals surface area contributed by atoms with Gasteiger partial charge in [-0.15, -0.1) is 0 Å². The number of nitrogens with zero attached hydrogens (tertiary/aromatic N) is 2. The van der Waals surface area contributed by atoms with Gasteiger partial charge in [0.2, 0.25) is 0 Å². The van der Waals surface area contributed by atoms with Crippen LogP contribution in [0.15, 0.2) is 0 Å². The van der Waals surface area contributed by atoms with Gasteiger partial charge in [0.05, 0.1) is 49.2 Å². The van der Waals surface area contributed by atoms with Gasteiger partial charge in [0.1, 0.15) is 6.54 Å². The molecule has 0 aromatic carbocycles. The van der Waals surface area contributed by atoms with E-state index in [2.05, 4.69) is 0 Å². The smallest absolute Gasteiger partial charge is 1.00 e. The van der Waals surface area contributed by atoms with Gasteiger partial charge in [-0.1, -0.05) is 0 Å². The molecule has 0 rings (SSSR count). The van der Waals surface area contributed by atoms with Gasteiger partial charge >= 0.3 is 64.7 Å². The molecule has 0 radical (unpaired) electrons. The van der Waals surface area contributed by atoms with E-state index in [4.69, 9.17) is 5.11 Å². The molecule has 250 valence electrons. The van der Waals surface area contributed by atoms with Gasteiger partial charge in [-0.2, -0.15) is 61.4 Å². The second-order valence-electron chi connectivity index (χ2n) is 9.01. The molecule has 0 saturated carbocycles. The Bertz CT molecular complexity index is 1090. The number of hydrogen-bond acceptors (Lipinski definition) is 7. The van der Waals surface area contributed by atoms with E-state index in [0.29, 0.717) is 0 Å². The second kappa shape index (κ2) is 14.7. The van der Waals surface area contributed by atoms with Crippen LogP contribution in [0.5, 0.6) is 0 Å². The molecular weight excluding hydrogens is 702 g/mol. The zero-order chi connectivity index (χ0) is 32.6. The normalized spacial score (nSPS) is 15.7. The van der Waals surface area contributed by atoms with Crippen LogP contribution in [-0.2, 0) is 20.1 Å². The summed E-state index contributed by atoms with van der Waals surface area (Å²) in [5.41, 5.74) is 0. The summed E-state index contributed by atoms with van der Waals surface area (Å²) < 4.78 is 230. The van der Waals surface area contributed by atoms with Crippen LogP contribution in [0.2, 0.25) is 0 Å². The zero-order valence-electron chi connectivity index (χ0n) is 21.5. The van der Waals surface area contributed by atoms with Gasteiger partial charge < -0.3 is 31.7 Å². The Labute approximate surface area is 259 Å². The van der Waals surface area contributed by atoms with E-state index >= 15 is 0 Å². The number of rotatable bonds is 16. The predicted octanol–water partition coefficient (Wildman–Crippen LogP) is -4.31. The molecule has 0 aliphatic heterocycles. The molecule has 1 unspecified atom stereocenters. The second-order valence-corrected chi connectivity index (χ2v) is 12.4. The van der Waals surface area contributed by atoms with Crippen molar-refractivity contribution in [3.8, 4) is 0 Å². The summed E-state index contributed by atoms with van der Waals surface area (Å²) in [5.74, 6) is -35.1. The van der Waals surface area contributed by atoms with Gasteiger partial charge in [-0.25, -0.2) is 16.8 Å². The van der Waals surface area contributed by atoms with Crippen LogP contribution < -0.4 is 42.0 Å². The molecule has 0 aromatic heterocycles. The maximum atomic E-state index is 14.5.